The number of hydrogen-bond donors (Lipinski definition) is 0. The van der Waals surface area contributed by atoms with Gasteiger partial charge >= 0.3 is 6.85 Å². The zero-order valence-corrected chi connectivity index (χ0v) is 49.1. The molecule has 0 radical (unpaired) electrons. The Morgan fingerprint density at radius 3 is 1.51 bits per heavy atom. The van der Waals surface area contributed by atoms with Crippen LogP contribution in [0.4, 0.5) is 34.1 Å². The molecule has 0 saturated carbocycles. The molecule has 0 atom stereocenters. The van der Waals surface area contributed by atoms with Gasteiger partial charge in [0.1, 0.15) is 0 Å². The average molecular weight is 1060 g/mol. The predicted molar refractivity (Wildman–Crippen MR) is 347 cm³/mol. The predicted octanol–water partition coefficient (Wildman–Crippen LogP) is 19.1. The standard InChI is InChI=1S/C78H68BN3/c1-74(2,3)48-39-41-63(54(43-48)47-27-15-12-16-28-47)81-65-45-60-59(76(6,7)57-37-25-26-38-58(57)77(60,8)9)44-62(65)79-71-66(81)46-61-67(51-33-21-23-35-55(51)75(61,4)5)68(71)53-40-42-64(80(49-29-17-13-18-30-49)50-31-19-14-20-32-50)70-69-52-34-22-24-36-56(52)78(10,11)73(69)82(79)72(53)70/h12-46H,1-11H3. The van der Waals surface area contributed by atoms with Gasteiger partial charge in [0.25, 0.3) is 0 Å². The first kappa shape index (κ1) is 49.2. The zero-order chi connectivity index (χ0) is 56.1. The summed E-state index contributed by atoms with van der Waals surface area (Å²) in [6, 6.07) is 81.6. The molecule has 0 N–H and O–H groups in total. The van der Waals surface area contributed by atoms with Crippen molar-refractivity contribution in [3.63, 3.8) is 0 Å². The van der Waals surface area contributed by atoms with Crippen LogP contribution in [0.15, 0.2) is 212 Å². The maximum absolute atomic E-state index is 2.90. The highest BCUT2D eigenvalue weighted by Gasteiger charge is 2.54. The van der Waals surface area contributed by atoms with Crippen molar-refractivity contribution in [2.45, 2.75) is 103 Å². The van der Waals surface area contributed by atoms with Crippen LogP contribution in [0.3, 0.4) is 0 Å². The summed E-state index contributed by atoms with van der Waals surface area (Å²) in [4.78, 5) is 5.27. The SMILES string of the molecule is CC(C)(C)c1ccc(N2c3cc4c(cc3B3c5c2cc2c(c5-c5ccc(N(c6ccccc6)c6ccccc6)c6c7c(n3c56)C(C)(C)c3ccccc3-7)-c3ccccc3C2(C)C)C(C)(C)c2ccccc2C4(C)C)c(-c2ccccc2)c1. The van der Waals surface area contributed by atoms with Crippen LogP contribution in [0, 0.1) is 0 Å². The number of benzene rings is 10. The number of anilines is 6. The molecule has 3 heterocycles. The highest BCUT2D eigenvalue weighted by atomic mass is 15.2. The first-order valence-corrected chi connectivity index (χ1v) is 29.7. The Kier molecular flexibility index (Phi) is 9.93. The fourth-order valence-corrected chi connectivity index (χ4v) is 16.3. The van der Waals surface area contributed by atoms with E-state index in [0.29, 0.717) is 0 Å². The molecule has 10 aromatic carbocycles. The number of nitrogens with zero attached hydrogens (tertiary/aromatic N) is 3. The van der Waals surface area contributed by atoms with Gasteiger partial charge in [-0.3, -0.25) is 0 Å². The van der Waals surface area contributed by atoms with Gasteiger partial charge in [0.2, 0.25) is 0 Å². The maximum Gasteiger partial charge on any atom is 0.332 e. The summed E-state index contributed by atoms with van der Waals surface area (Å²) < 4.78 is 2.90. The van der Waals surface area contributed by atoms with Gasteiger partial charge in [-0.25, -0.2) is 0 Å². The number of hydrogen-bond acceptors (Lipinski definition) is 2. The Labute approximate surface area is 484 Å². The van der Waals surface area contributed by atoms with Crippen LogP contribution in [0.1, 0.15) is 126 Å². The zero-order valence-electron chi connectivity index (χ0n) is 49.1. The Morgan fingerprint density at radius 2 is 0.902 bits per heavy atom. The first-order chi connectivity index (χ1) is 39.4. The van der Waals surface area contributed by atoms with Crippen molar-refractivity contribution < 1.29 is 0 Å². The fraction of sp³-hybridized carbons (Fsp3) is 0.205. The van der Waals surface area contributed by atoms with Gasteiger partial charge in [-0.05, 0) is 143 Å². The summed E-state index contributed by atoms with van der Waals surface area (Å²) in [6.45, 7) is 26.7. The Morgan fingerprint density at radius 1 is 0.390 bits per heavy atom. The number of rotatable bonds is 5. The lowest BCUT2D eigenvalue weighted by molar-refractivity contribution is 0.521. The summed E-state index contributed by atoms with van der Waals surface area (Å²) in [6.07, 6.45) is 0. The third kappa shape index (κ3) is 6.33. The minimum atomic E-state index is -0.359. The minimum absolute atomic E-state index is 0.0682. The largest absolute Gasteiger partial charge is 0.378 e. The molecule has 0 amide bonds. The summed E-state index contributed by atoms with van der Waals surface area (Å²) in [5.74, 6) is 0. The van der Waals surface area contributed by atoms with Crippen LogP contribution in [0.5, 0.6) is 0 Å². The summed E-state index contributed by atoms with van der Waals surface area (Å²) >= 11 is 0. The van der Waals surface area contributed by atoms with Crippen LogP contribution >= 0.6 is 0 Å². The van der Waals surface area contributed by atoms with E-state index in [4.69, 9.17) is 0 Å². The van der Waals surface area contributed by atoms with E-state index in [2.05, 4.69) is 303 Å². The van der Waals surface area contributed by atoms with Gasteiger partial charge in [-0.1, -0.05) is 234 Å². The average Bonchev–Trinajstić information content (AvgIpc) is 3.21. The van der Waals surface area contributed by atoms with Gasteiger partial charge in [-0.15, -0.1) is 0 Å². The highest BCUT2D eigenvalue weighted by Crippen LogP contribution is 2.63. The van der Waals surface area contributed by atoms with Crippen molar-refractivity contribution in [3.05, 3.63) is 263 Å². The lowest BCUT2D eigenvalue weighted by atomic mass is 9.43. The lowest BCUT2D eigenvalue weighted by Crippen LogP contribution is -2.58. The lowest BCUT2D eigenvalue weighted by Gasteiger charge is -2.48. The molecule has 2 aliphatic heterocycles. The molecule has 398 valence electrons. The van der Waals surface area contributed by atoms with Crippen LogP contribution in [0.25, 0.3) is 55.4 Å². The minimum Gasteiger partial charge on any atom is -0.378 e. The van der Waals surface area contributed by atoms with Gasteiger partial charge < -0.3 is 14.3 Å². The highest BCUT2D eigenvalue weighted by molar-refractivity contribution is 6.90. The van der Waals surface area contributed by atoms with E-state index in [1.165, 1.54) is 139 Å². The molecule has 0 spiro atoms. The Hall–Kier alpha value is -8.60. The molecule has 4 heteroatoms. The van der Waals surface area contributed by atoms with Crippen molar-refractivity contribution in [1.29, 1.82) is 0 Å². The van der Waals surface area contributed by atoms with Crippen LogP contribution in [-0.2, 0) is 27.1 Å². The third-order valence-corrected chi connectivity index (χ3v) is 20.3. The monoisotopic (exact) mass is 1060 g/mol. The quantitative estimate of drug-likeness (QED) is 0.159. The topological polar surface area (TPSA) is 11.4 Å². The molecule has 3 aliphatic carbocycles. The van der Waals surface area contributed by atoms with E-state index in [1.807, 2.05) is 0 Å². The molecule has 1 aromatic heterocycles. The molecule has 3 nitrogen and oxygen atoms in total. The second-order valence-corrected chi connectivity index (χ2v) is 27.2. The van der Waals surface area contributed by atoms with Crippen molar-refractivity contribution in [2.24, 2.45) is 0 Å². The molecule has 11 aromatic rings. The second-order valence-electron chi connectivity index (χ2n) is 27.2. The summed E-state index contributed by atoms with van der Waals surface area (Å²) in [7, 11) is 0. The maximum atomic E-state index is 2.90. The normalized spacial score (nSPS) is 16.3. The number of para-hydroxylation sites is 2. The van der Waals surface area contributed by atoms with Gasteiger partial charge in [0.05, 0.1) is 11.4 Å². The van der Waals surface area contributed by atoms with Crippen molar-refractivity contribution >= 4 is 62.8 Å². The first-order valence-electron chi connectivity index (χ1n) is 29.7. The smallest absolute Gasteiger partial charge is 0.332 e. The van der Waals surface area contributed by atoms with E-state index in [-0.39, 0.29) is 33.9 Å². The van der Waals surface area contributed by atoms with Gasteiger partial charge in [-0.2, -0.15) is 0 Å². The third-order valence-electron chi connectivity index (χ3n) is 20.3. The van der Waals surface area contributed by atoms with E-state index in [1.54, 1.807) is 0 Å². The van der Waals surface area contributed by atoms with Crippen molar-refractivity contribution in [1.82, 2.24) is 4.48 Å². The molecule has 0 fully saturated rings. The van der Waals surface area contributed by atoms with Crippen molar-refractivity contribution in [3.8, 4) is 44.5 Å². The molecule has 5 aliphatic rings. The van der Waals surface area contributed by atoms with Crippen LogP contribution in [0.2, 0.25) is 0 Å². The molecular weight excluding hydrogens is 990 g/mol. The summed E-state index contributed by atoms with van der Waals surface area (Å²) in [5, 5.41) is 1.30. The molecule has 0 bridgehead atoms. The van der Waals surface area contributed by atoms with E-state index >= 15 is 0 Å². The number of fused-ring (bicyclic) bond motifs is 15. The molecule has 0 saturated heterocycles. The molecule has 16 rings (SSSR count). The fourth-order valence-electron chi connectivity index (χ4n) is 16.3. The van der Waals surface area contributed by atoms with E-state index in [9.17, 15) is 0 Å². The Balaban J connectivity index is 1.13. The summed E-state index contributed by atoms with van der Waals surface area (Å²) in [5.41, 5.74) is 32.8. The van der Waals surface area contributed by atoms with Gasteiger partial charge in [0, 0.05) is 77.7 Å². The van der Waals surface area contributed by atoms with Gasteiger partial charge in [0.15, 0.2) is 0 Å². The number of aromatic nitrogens is 1. The molecule has 82 heavy (non-hydrogen) atoms. The van der Waals surface area contributed by atoms with Crippen molar-refractivity contribution in [2.75, 3.05) is 9.80 Å². The van der Waals surface area contributed by atoms with Crippen LogP contribution in [-0.4, -0.2) is 11.3 Å². The molecule has 0 unspecified atom stereocenters. The molecular formula is C78H68BN3. The van der Waals surface area contributed by atoms with E-state index < -0.39 is 0 Å². The Bertz CT molecular complexity index is 4510. The van der Waals surface area contributed by atoms with Crippen LogP contribution < -0.4 is 20.7 Å². The van der Waals surface area contributed by atoms with E-state index in [0.717, 1.165) is 11.4 Å². The second kappa shape index (κ2) is 16.5.